The monoisotopic (exact) mass is 392 g/mol. The van der Waals surface area contributed by atoms with E-state index >= 15 is 0 Å². The predicted molar refractivity (Wildman–Crippen MR) is 103 cm³/mol. The maximum absolute atomic E-state index is 11.8. The van der Waals surface area contributed by atoms with E-state index in [9.17, 15) is 8.42 Å². The molecule has 1 atom stereocenters. The van der Waals surface area contributed by atoms with E-state index in [1.807, 2.05) is 4.68 Å². The van der Waals surface area contributed by atoms with E-state index in [1.165, 1.54) is 11.3 Å². The van der Waals surface area contributed by atoms with Gasteiger partial charge in [0, 0.05) is 18.1 Å². The highest BCUT2D eigenvalue weighted by Crippen LogP contribution is 2.22. The summed E-state index contributed by atoms with van der Waals surface area (Å²) in [6.07, 6.45) is 2.83. The van der Waals surface area contributed by atoms with Gasteiger partial charge in [-0.1, -0.05) is 24.7 Å². The molecular weight excluding hydrogens is 364 g/mol. The van der Waals surface area contributed by atoms with Crippen molar-refractivity contribution in [2.75, 3.05) is 23.4 Å². The third-order valence-corrected chi connectivity index (χ3v) is 6.90. The minimum Gasteiger partial charge on any atom is -0.356 e. The molecule has 1 fully saturated rings. The van der Waals surface area contributed by atoms with Gasteiger partial charge in [-0.25, -0.2) is 13.1 Å². The van der Waals surface area contributed by atoms with E-state index in [-0.39, 0.29) is 17.3 Å². The van der Waals surface area contributed by atoms with Crippen LogP contribution >= 0.6 is 23.6 Å². The summed E-state index contributed by atoms with van der Waals surface area (Å²) >= 11 is 6.91. The molecule has 0 aromatic carbocycles. The molecule has 6 nitrogen and oxygen atoms in total. The Labute approximate surface area is 154 Å². The van der Waals surface area contributed by atoms with Gasteiger partial charge in [-0.05, 0) is 45.8 Å². The van der Waals surface area contributed by atoms with E-state index in [0.717, 1.165) is 24.5 Å². The number of sulfone groups is 1. The number of aromatic nitrogens is 2. The summed E-state index contributed by atoms with van der Waals surface area (Å²) in [6, 6.07) is 0.0733. The molecular formula is C15H28N4O2S3. The van der Waals surface area contributed by atoms with E-state index < -0.39 is 9.84 Å². The van der Waals surface area contributed by atoms with Crippen molar-refractivity contribution >= 4 is 38.5 Å². The first-order valence-corrected chi connectivity index (χ1v) is 11.4. The number of hydrogen-bond donors (Lipinski definition) is 1. The zero-order chi connectivity index (χ0) is 18.0. The van der Waals surface area contributed by atoms with Crippen LogP contribution in [0.15, 0.2) is 0 Å². The molecule has 1 unspecified atom stereocenters. The van der Waals surface area contributed by atoms with Gasteiger partial charge >= 0.3 is 0 Å². The fraction of sp³-hybridized carbons (Fsp3) is 0.867. The van der Waals surface area contributed by atoms with Crippen LogP contribution in [-0.2, 0) is 16.5 Å². The van der Waals surface area contributed by atoms with Crippen LogP contribution in [0.4, 0.5) is 5.13 Å². The van der Waals surface area contributed by atoms with Crippen molar-refractivity contribution in [2.24, 2.45) is 0 Å². The average Bonchev–Trinajstić information content (AvgIpc) is 2.95. The maximum Gasteiger partial charge on any atom is 0.205 e. The van der Waals surface area contributed by atoms with E-state index in [4.69, 9.17) is 12.2 Å². The van der Waals surface area contributed by atoms with Crippen LogP contribution < -0.4 is 5.32 Å². The molecule has 0 amide bonds. The smallest absolute Gasteiger partial charge is 0.205 e. The van der Waals surface area contributed by atoms with Crippen LogP contribution in [0.1, 0.15) is 47.0 Å². The minimum absolute atomic E-state index is 0.0706. The van der Waals surface area contributed by atoms with Crippen LogP contribution in [0.5, 0.6) is 0 Å². The van der Waals surface area contributed by atoms with Crippen LogP contribution in [0.3, 0.4) is 0 Å². The second-order valence-electron chi connectivity index (χ2n) is 7.41. The van der Waals surface area contributed by atoms with E-state index in [2.05, 4.69) is 43.0 Å². The van der Waals surface area contributed by atoms with Crippen molar-refractivity contribution < 1.29 is 8.42 Å². The molecule has 0 aliphatic carbocycles. The Morgan fingerprint density at radius 1 is 1.46 bits per heavy atom. The Balaban J connectivity index is 2.13. The number of unbranched alkanes of at least 4 members (excludes halogenated alkanes) is 1. The van der Waals surface area contributed by atoms with Gasteiger partial charge in [-0.15, -0.1) is 5.10 Å². The summed E-state index contributed by atoms with van der Waals surface area (Å²) in [5.74, 6) is 0.543. The van der Waals surface area contributed by atoms with Gasteiger partial charge in [0.1, 0.15) is 0 Å². The molecule has 2 heterocycles. The standard InChI is InChI=1S/C15H28N4O2S3/c1-5-6-8-18(12-7-9-24(20,21)10-12)11-19-14(22)23-13(17-19)16-15(2,3)4/h12H,5-11H2,1-4H3,(H,16,17). The highest BCUT2D eigenvalue weighted by Gasteiger charge is 2.32. The molecule has 1 aliphatic heterocycles. The lowest BCUT2D eigenvalue weighted by molar-refractivity contribution is 0.153. The lowest BCUT2D eigenvalue weighted by Gasteiger charge is -2.27. The molecule has 0 radical (unpaired) electrons. The third kappa shape index (κ3) is 5.79. The van der Waals surface area contributed by atoms with Crippen molar-refractivity contribution in [3.63, 3.8) is 0 Å². The third-order valence-electron chi connectivity index (χ3n) is 3.93. The second kappa shape index (κ2) is 7.80. The zero-order valence-corrected chi connectivity index (χ0v) is 17.4. The normalized spacial score (nSPS) is 20.6. The summed E-state index contributed by atoms with van der Waals surface area (Å²) in [6.45, 7) is 9.82. The Bertz CT molecular complexity index is 703. The van der Waals surface area contributed by atoms with Crippen molar-refractivity contribution in [3.05, 3.63) is 3.95 Å². The predicted octanol–water partition coefficient (Wildman–Crippen LogP) is 3.13. The minimum atomic E-state index is -2.89. The lowest BCUT2D eigenvalue weighted by atomic mass is 10.1. The maximum atomic E-state index is 11.8. The fourth-order valence-corrected chi connectivity index (χ4v) is 5.70. The number of hydrogen-bond acceptors (Lipinski definition) is 7. The average molecular weight is 393 g/mol. The van der Waals surface area contributed by atoms with Crippen molar-refractivity contribution in [2.45, 2.75) is 65.2 Å². The van der Waals surface area contributed by atoms with Gasteiger partial charge in [0.25, 0.3) is 0 Å². The number of nitrogens with zero attached hydrogens (tertiary/aromatic N) is 3. The first kappa shape index (κ1) is 19.8. The molecule has 9 heteroatoms. The molecule has 1 N–H and O–H groups in total. The number of rotatable bonds is 7. The molecule has 1 aliphatic rings. The van der Waals surface area contributed by atoms with Crippen LogP contribution in [0, 0.1) is 3.95 Å². The lowest BCUT2D eigenvalue weighted by Crippen LogP contribution is -2.38. The molecule has 0 bridgehead atoms. The second-order valence-corrected chi connectivity index (χ2v) is 11.3. The summed E-state index contributed by atoms with van der Waals surface area (Å²) in [5.41, 5.74) is -0.0706. The largest absolute Gasteiger partial charge is 0.356 e. The van der Waals surface area contributed by atoms with Gasteiger partial charge in [0.05, 0.1) is 18.2 Å². The topological polar surface area (TPSA) is 67.2 Å². The van der Waals surface area contributed by atoms with Gasteiger partial charge in [-0.2, -0.15) is 0 Å². The van der Waals surface area contributed by atoms with Crippen molar-refractivity contribution in [1.82, 2.24) is 14.7 Å². The summed E-state index contributed by atoms with van der Waals surface area (Å²) in [4.78, 5) is 2.23. The Morgan fingerprint density at radius 2 is 2.17 bits per heavy atom. The highest BCUT2D eigenvalue weighted by molar-refractivity contribution is 7.91. The van der Waals surface area contributed by atoms with Gasteiger partial charge in [-0.3, -0.25) is 4.90 Å². The van der Waals surface area contributed by atoms with Crippen LogP contribution in [0.25, 0.3) is 0 Å². The van der Waals surface area contributed by atoms with Crippen LogP contribution in [0.2, 0.25) is 0 Å². The number of anilines is 1. The zero-order valence-electron chi connectivity index (χ0n) is 14.9. The molecule has 1 aromatic rings. The molecule has 0 spiro atoms. The van der Waals surface area contributed by atoms with Crippen molar-refractivity contribution in [3.8, 4) is 0 Å². The molecule has 2 rings (SSSR count). The van der Waals surface area contributed by atoms with Crippen LogP contribution in [-0.4, -0.2) is 52.7 Å². The van der Waals surface area contributed by atoms with E-state index in [0.29, 0.717) is 22.8 Å². The molecule has 138 valence electrons. The highest BCUT2D eigenvalue weighted by atomic mass is 32.2. The van der Waals surface area contributed by atoms with Gasteiger partial charge in [0.15, 0.2) is 13.8 Å². The SMILES string of the molecule is CCCCN(Cn1nc(NC(C)(C)C)sc1=S)C1CCS(=O)(=O)C1. The first-order chi connectivity index (χ1) is 11.1. The Hall–Kier alpha value is -0.510. The molecule has 0 saturated carbocycles. The molecule has 1 saturated heterocycles. The Morgan fingerprint density at radius 3 is 2.71 bits per heavy atom. The van der Waals surface area contributed by atoms with Gasteiger partial charge in [0.2, 0.25) is 5.13 Å². The fourth-order valence-electron chi connectivity index (χ4n) is 2.73. The Kier molecular flexibility index (Phi) is 6.44. The summed E-state index contributed by atoms with van der Waals surface area (Å²) in [5, 5.41) is 8.73. The first-order valence-electron chi connectivity index (χ1n) is 8.40. The number of nitrogens with one attached hydrogen (secondary N) is 1. The van der Waals surface area contributed by atoms with Crippen molar-refractivity contribution in [1.29, 1.82) is 0 Å². The molecule has 24 heavy (non-hydrogen) atoms. The summed E-state index contributed by atoms with van der Waals surface area (Å²) in [7, 11) is -2.89. The summed E-state index contributed by atoms with van der Waals surface area (Å²) < 4.78 is 26.2. The van der Waals surface area contributed by atoms with E-state index in [1.54, 1.807) is 0 Å². The molecule has 1 aromatic heterocycles. The van der Waals surface area contributed by atoms with Gasteiger partial charge < -0.3 is 5.32 Å². The quantitative estimate of drug-likeness (QED) is 0.719.